The molecular weight excluding hydrogens is 202 g/mol. The van der Waals surface area contributed by atoms with Crippen molar-refractivity contribution < 1.29 is 24.2 Å². The molecule has 6 nitrogen and oxygen atoms in total. The molecule has 0 aliphatic carbocycles. The molecule has 2 N–H and O–H groups in total. The Balaban J connectivity index is 2.79. The first-order valence-electron chi connectivity index (χ1n) is 3.93. The zero-order valence-corrected chi connectivity index (χ0v) is 7.30. The number of carbonyl (C=O) groups is 2. The van der Waals surface area contributed by atoms with E-state index in [1.165, 1.54) is 6.07 Å². The normalized spacial score (nSPS) is 10.4. The summed E-state index contributed by atoms with van der Waals surface area (Å²) in [5.74, 6) is -2.62. The third-order valence-corrected chi connectivity index (χ3v) is 1.93. The van der Waals surface area contributed by atoms with Gasteiger partial charge in [0.1, 0.15) is 5.52 Å². The van der Waals surface area contributed by atoms with E-state index in [0.29, 0.717) is 5.52 Å². The minimum Gasteiger partial charge on any atom is -0.478 e. The first-order chi connectivity index (χ1) is 7.09. The summed E-state index contributed by atoms with van der Waals surface area (Å²) in [5, 5.41) is 17.6. The smallest absolute Gasteiger partial charge is 0.336 e. The van der Waals surface area contributed by atoms with Crippen molar-refractivity contribution in [1.82, 2.24) is 4.98 Å². The first-order valence-corrected chi connectivity index (χ1v) is 3.93. The summed E-state index contributed by atoms with van der Waals surface area (Å²) < 4.78 is 4.88. The Morgan fingerprint density at radius 2 is 1.73 bits per heavy atom. The maximum absolute atomic E-state index is 10.8. The lowest BCUT2D eigenvalue weighted by Crippen LogP contribution is -2.07. The van der Waals surface area contributed by atoms with Crippen LogP contribution in [-0.4, -0.2) is 27.1 Å². The van der Waals surface area contributed by atoms with Crippen LogP contribution in [0, 0.1) is 0 Å². The maximum atomic E-state index is 10.8. The summed E-state index contributed by atoms with van der Waals surface area (Å²) in [7, 11) is 0. The van der Waals surface area contributed by atoms with E-state index < -0.39 is 11.9 Å². The van der Waals surface area contributed by atoms with Gasteiger partial charge < -0.3 is 14.6 Å². The fourth-order valence-corrected chi connectivity index (χ4v) is 1.26. The second-order valence-electron chi connectivity index (χ2n) is 2.83. The molecule has 2 rings (SSSR count). The lowest BCUT2D eigenvalue weighted by atomic mass is 10.1. The first kappa shape index (κ1) is 9.20. The predicted octanol–water partition coefficient (Wildman–Crippen LogP) is 1.22. The highest BCUT2D eigenvalue weighted by Crippen LogP contribution is 2.19. The van der Waals surface area contributed by atoms with Crippen LogP contribution in [0.2, 0.25) is 0 Å². The molecule has 0 fully saturated rings. The van der Waals surface area contributed by atoms with Crippen molar-refractivity contribution in [2.45, 2.75) is 0 Å². The van der Waals surface area contributed by atoms with Crippen LogP contribution in [0.5, 0.6) is 0 Å². The Morgan fingerprint density at radius 1 is 1.13 bits per heavy atom. The van der Waals surface area contributed by atoms with Gasteiger partial charge in [-0.25, -0.2) is 14.6 Å². The molecule has 0 radical (unpaired) electrons. The molecule has 0 amide bonds. The minimum atomic E-state index is -1.31. The summed E-state index contributed by atoms with van der Waals surface area (Å²) in [6, 6.07) is 2.32. The van der Waals surface area contributed by atoms with E-state index in [9.17, 15) is 9.59 Å². The number of carboxylic acid groups (broad SMARTS) is 2. The van der Waals surface area contributed by atoms with Gasteiger partial charge in [0.2, 0.25) is 0 Å². The van der Waals surface area contributed by atoms with E-state index >= 15 is 0 Å². The molecule has 2 aromatic rings. The fourth-order valence-electron chi connectivity index (χ4n) is 1.26. The van der Waals surface area contributed by atoms with Crippen molar-refractivity contribution in [3.8, 4) is 0 Å². The van der Waals surface area contributed by atoms with Gasteiger partial charge in [-0.15, -0.1) is 0 Å². The lowest BCUT2D eigenvalue weighted by molar-refractivity contribution is 0.0652. The molecule has 1 aromatic heterocycles. The van der Waals surface area contributed by atoms with E-state index in [2.05, 4.69) is 4.98 Å². The van der Waals surface area contributed by atoms with Gasteiger partial charge in [-0.2, -0.15) is 0 Å². The van der Waals surface area contributed by atoms with Crippen LogP contribution in [0.1, 0.15) is 20.7 Å². The molecule has 0 bridgehead atoms. The van der Waals surface area contributed by atoms with Crippen molar-refractivity contribution in [3.05, 3.63) is 29.7 Å². The van der Waals surface area contributed by atoms with Crippen molar-refractivity contribution in [2.75, 3.05) is 0 Å². The van der Waals surface area contributed by atoms with Crippen molar-refractivity contribution in [2.24, 2.45) is 0 Å². The quantitative estimate of drug-likeness (QED) is 0.767. The molecule has 0 unspecified atom stereocenters. The predicted molar refractivity (Wildman–Crippen MR) is 47.9 cm³/mol. The molecule has 0 aliphatic heterocycles. The summed E-state index contributed by atoms with van der Waals surface area (Å²) in [6.45, 7) is 0. The van der Waals surface area contributed by atoms with Crippen LogP contribution in [0.3, 0.4) is 0 Å². The van der Waals surface area contributed by atoms with Crippen LogP contribution in [-0.2, 0) is 0 Å². The third kappa shape index (κ3) is 1.41. The Kier molecular flexibility index (Phi) is 1.89. The van der Waals surface area contributed by atoms with E-state index in [-0.39, 0.29) is 16.7 Å². The number of hydrogen-bond acceptors (Lipinski definition) is 4. The van der Waals surface area contributed by atoms with Gasteiger partial charge in [-0.3, -0.25) is 0 Å². The zero-order valence-electron chi connectivity index (χ0n) is 7.30. The van der Waals surface area contributed by atoms with Crippen LogP contribution in [0.4, 0.5) is 0 Å². The van der Waals surface area contributed by atoms with Gasteiger partial charge in [0.05, 0.1) is 11.1 Å². The van der Waals surface area contributed by atoms with Crippen molar-refractivity contribution >= 4 is 23.0 Å². The number of oxazole rings is 1. The second kappa shape index (κ2) is 3.09. The average Bonchev–Trinajstić information content (AvgIpc) is 2.61. The maximum Gasteiger partial charge on any atom is 0.336 e. The van der Waals surface area contributed by atoms with Crippen LogP contribution >= 0.6 is 0 Å². The summed E-state index contributed by atoms with van der Waals surface area (Å²) in [4.78, 5) is 25.3. The number of fused-ring (bicyclic) bond motifs is 1. The second-order valence-corrected chi connectivity index (χ2v) is 2.83. The van der Waals surface area contributed by atoms with Gasteiger partial charge in [-0.1, -0.05) is 0 Å². The highest BCUT2D eigenvalue weighted by molar-refractivity contribution is 6.04. The van der Waals surface area contributed by atoms with Gasteiger partial charge in [0.15, 0.2) is 12.0 Å². The number of carboxylic acids is 2. The summed E-state index contributed by atoms with van der Waals surface area (Å²) >= 11 is 0. The van der Waals surface area contributed by atoms with E-state index in [0.717, 1.165) is 12.5 Å². The zero-order chi connectivity index (χ0) is 11.0. The Bertz CT molecular complexity index is 509. The number of aromatic nitrogens is 1. The topological polar surface area (TPSA) is 101 Å². The van der Waals surface area contributed by atoms with Crippen LogP contribution in [0.15, 0.2) is 22.9 Å². The number of aromatic carboxylic acids is 2. The molecule has 76 valence electrons. The lowest BCUT2D eigenvalue weighted by Gasteiger charge is -1.99. The number of rotatable bonds is 2. The van der Waals surface area contributed by atoms with Gasteiger partial charge in [0, 0.05) is 0 Å². The summed E-state index contributed by atoms with van der Waals surface area (Å²) in [6.07, 6.45) is 1.13. The molecule has 0 aliphatic rings. The molecule has 1 heterocycles. The van der Waals surface area contributed by atoms with E-state index in [1.807, 2.05) is 0 Å². The number of nitrogens with zero attached hydrogens (tertiary/aromatic N) is 1. The molecule has 6 heteroatoms. The monoisotopic (exact) mass is 207 g/mol. The van der Waals surface area contributed by atoms with Gasteiger partial charge in [-0.05, 0) is 12.1 Å². The standard InChI is InChI=1S/C9H5NO5/c11-8(12)4-1-6-7(15-3-10-6)2-5(4)9(13)14/h1-3H,(H,11,12)(H,13,14). The van der Waals surface area contributed by atoms with Crippen LogP contribution in [0.25, 0.3) is 11.1 Å². The van der Waals surface area contributed by atoms with E-state index in [4.69, 9.17) is 14.6 Å². The molecule has 0 saturated heterocycles. The molecule has 0 atom stereocenters. The molecule has 0 saturated carbocycles. The SMILES string of the molecule is O=C(O)c1cc2ncoc2cc1C(=O)O. The highest BCUT2D eigenvalue weighted by atomic mass is 16.4. The third-order valence-electron chi connectivity index (χ3n) is 1.93. The molecule has 0 spiro atoms. The van der Waals surface area contributed by atoms with Crippen molar-refractivity contribution in [3.63, 3.8) is 0 Å². The Labute approximate surface area is 82.8 Å². The van der Waals surface area contributed by atoms with Crippen molar-refractivity contribution in [1.29, 1.82) is 0 Å². The molecular formula is C9H5NO5. The minimum absolute atomic E-state index is 0.248. The van der Waals surface area contributed by atoms with Crippen LogP contribution < -0.4 is 0 Å². The Morgan fingerprint density at radius 3 is 2.33 bits per heavy atom. The highest BCUT2D eigenvalue weighted by Gasteiger charge is 2.18. The molecule has 1 aromatic carbocycles. The number of hydrogen-bond donors (Lipinski definition) is 2. The number of benzene rings is 1. The fraction of sp³-hybridized carbons (Fsp3) is 0. The van der Waals surface area contributed by atoms with Gasteiger partial charge in [0.25, 0.3) is 0 Å². The Hall–Kier alpha value is -2.37. The summed E-state index contributed by atoms with van der Waals surface area (Å²) in [5.41, 5.74) is -0.0505. The van der Waals surface area contributed by atoms with E-state index in [1.54, 1.807) is 0 Å². The molecule has 15 heavy (non-hydrogen) atoms. The van der Waals surface area contributed by atoms with Gasteiger partial charge >= 0.3 is 11.9 Å². The average molecular weight is 207 g/mol. The largest absolute Gasteiger partial charge is 0.478 e.